The number of allylic oxidation sites excluding steroid dienone is 1. The number of rotatable bonds is 7. The predicted octanol–water partition coefficient (Wildman–Crippen LogP) is 5.43. The molecule has 0 saturated carbocycles. The van der Waals surface area contributed by atoms with E-state index in [0.29, 0.717) is 33.9 Å². The molecule has 7 nitrogen and oxygen atoms in total. The SMILES string of the molecule is C=CCn1c(=O)c2ccccc2n2c(S[C@H](C(=O)c3c[nH]c4ccccc34)c3ccccc3)nnc12. The van der Waals surface area contributed by atoms with Crippen LogP contribution in [-0.2, 0) is 6.54 Å². The van der Waals surface area contributed by atoms with E-state index in [4.69, 9.17) is 0 Å². The number of carbonyl (C=O) groups is 1. The van der Waals surface area contributed by atoms with Gasteiger partial charge in [-0.2, -0.15) is 0 Å². The van der Waals surface area contributed by atoms with Gasteiger partial charge in [0.25, 0.3) is 5.56 Å². The van der Waals surface area contributed by atoms with Crippen molar-refractivity contribution < 1.29 is 4.79 Å². The fraction of sp³-hybridized carbons (Fsp3) is 0.0714. The van der Waals surface area contributed by atoms with Gasteiger partial charge in [0.1, 0.15) is 5.25 Å². The molecular formula is C28H21N5O2S. The third kappa shape index (κ3) is 3.54. The lowest BCUT2D eigenvalue weighted by atomic mass is 10.0. The summed E-state index contributed by atoms with van der Waals surface area (Å²) < 4.78 is 3.40. The maximum atomic E-state index is 14.0. The molecule has 3 aromatic carbocycles. The third-order valence-corrected chi connectivity index (χ3v) is 7.41. The van der Waals surface area contributed by atoms with Crippen LogP contribution in [0.4, 0.5) is 0 Å². The summed E-state index contributed by atoms with van der Waals surface area (Å²) >= 11 is 1.33. The van der Waals surface area contributed by atoms with Crippen molar-refractivity contribution in [3.05, 3.63) is 119 Å². The minimum absolute atomic E-state index is 0.0379. The Morgan fingerprint density at radius 1 is 0.972 bits per heavy atom. The molecule has 8 heteroatoms. The number of ketones is 1. The van der Waals surface area contributed by atoms with E-state index in [2.05, 4.69) is 21.8 Å². The molecule has 0 unspecified atom stereocenters. The first-order chi connectivity index (χ1) is 17.7. The lowest BCUT2D eigenvalue weighted by molar-refractivity contribution is 0.0991. The van der Waals surface area contributed by atoms with Gasteiger partial charge in [-0.1, -0.05) is 78.5 Å². The minimum atomic E-state index is -0.573. The summed E-state index contributed by atoms with van der Waals surface area (Å²) in [5.74, 6) is 0.372. The maximum Gasteiger partial charge on any atom is 0.263 e. The van der Waals surface area contributed by atoms with Crippen LogP contribution >= 0.6 is 11.8 Å². The molecule has 0 radical (unpaired) electrons. The Bertz CT molecular complexity index is 1820. The van der Waals surface area contributed by atoms with Crippen molar-refractivity contribution in [3.63, 3.8) is 0 Å². The van der Waals surface area contributed by atoms with Crippen molar-refractivity contribution in [2.75, 3.05) is 0 Å². The Kier molecular flexibility index (Phi) is 5.50. The number of H-pyrrole nitrogens is 1. The molecule has 0 amide bonds. The van der Waals surface area contributed by atoms with Gasteiger partial charge in [-0.25, -0.2) is 0 Å². The van der Waals surface area contributed by atoms with E-state index < -0.39 is 5.25 Å². The van der Waals surface area contributed by atoms with Crippen molar-refractivity contribution in [2.45, 2.75) is 17.0 Å². The van der Waals surface area contributed by atoms with Crippen molar-refractivity contribution in [1.82, 2.24) is 24.1 Å². The number of nitrogens with one attached hydrogen (secondary N) is 1. The molecule has 0 bridgehead atoms. The first-order valence-electron chi connectivity index (χ1n) is 11.5. The van der Waals surface area contributed by atoms with Gasteiger partial charge in [0.2, 0.25) is 5.78 Å². The number of benzene rings is 3. The normalized spacial score (nSPS) is 12.3. The minimum Gasteiger partial charge on any atom is -0.360 e. The highest BCUT2D eigenvalue weighted by molar-refractivity contribution is 8.00. The van der Waals surface area contributed by atoms with Gasteiger partial charge in [0, 0.05) is 29.2 Å². The van der Waals surface area contributed by atoms with Crippen LogP contribution in [0.5, 0.6) is 0 Å². The smallest absolute Gasteiger partial charge is 0.263 e. The Morgan fingerprint density at radius 2 is 1.69 bits per heavy atom. The van der Waals surface area contributed by atoms with E-state index in [1.165, 1.54) is 11.8 Å². The summed E-state index contributed by atoms with van der Waals surface area (Å²) in [5.41, 5.74) is 2.92. The van der Waals surface area contributed by atoms with Crippen LogP contribution in [0.25, 0.3) is 27.6 Å². The van der Waals surface area contributed by atoms with E-state index in [1.807, 2.05) is 77.2 Å². The van der Waals surface area contributed by atoms with Gasteiger partial charge in [0.15, 0.2) is 10.9 Å². The van der Waals surface area contributed by atoms with Crippen molar-refractivity contribution in [2.24, 2.45) is 0 Å². The van der Waals surface area contributed by atoms with E-state index in [9.17, 15) is 9.59 Å². The fourth-order valence-electron chi connectivity index (χ4n) is 4.53. The highest BCUT2D eigenvalue weighted by Gasteiger charge is 2.28. The second-order valence-corrected chi connectivity index (χ2v) is 9.43. The number of para-hydroxylation sites is 2. The molecule has 6 rings (SSSR count). The van der Waals surface area contributed by atoms with Gasteiger partial charge in [0.05, 0.1) is 10.9 Å². The summed E-state index contributed by atoms with van der Waals surface area (Å²) in [5, 5.41) is 10.2. The van der Waals surface area contributed by atoms with Crippen LogP contribution in [0.1, 0.15) is 21.2 Å². The molecule has 3 aromatic heterocycles. The molecule has 6 aromatic rings. The van der Waals surface area contributed by atoms with Crippen molar-refractivity contribution in [3.8, 4) is 0 Å². The Labute approximate surface area is 210 Å². The van der Waals surface area contributed by atoms with E-state index in [0.717, 1.165) is 16.5 Å². The number of Topliss-reactive ketones (excluding diaryl/α,β-unsaturated/α-hetero) is 1. The predicted molar refractivity (Wildman–Crippen MR) is 143 cm³/mol. The van der Waals surface area contributed by atoms with E-state index in [-0.39, 0.29) is 11.3 Å². The number of hydrogen-bond acceptors (Lipinski definition) is 5. The summed E-state index contributed by atoms with van der Waals surface area (Å²) in [4.78, 5) is 30.4. The molecule has 0 aliphatic carbocycles. The molecule has 0 aliphatic heterocycles. The summed E-state index contributed by atoms with van der Waals surface area (Å²) in [6, 6.07) is 24.8. The molecule has 176 valence electrons. The lowest BCUT2D eigenvalue weighted by Crippen LogP contribution is -2.22. The van der Waals surface area contributed by atoms with Crippen molar-refractivity contribution in [1.29, 1.82) is 0 Å². The summed E-state index contributed by atoms with van der Waals surface area (Å²) in [7, 11) is 0. The molecular weight excluding hydrogens is 470 g/mol. The molecule has 0 saturated heterocycles. The van der Waals surface area contributed by atoms with E-state index >= 15 is 0 Å². The lowest BCUT2D eigenvalue weighted by Gasteiger charge is -2.16. The third-order valence-electron chi connectivity index (χ3n) is 6.21. The second-order valence-electron chi connectivity index (χ2n) is 8.36. The molecule has 0 spiro atoms. The summed E-state index contributed by atoms with van der Waals surface area (Å²) in [6.45, 7) is 4.08. The topological polar surface area (TPSA) is 85.0 Å². The standard InChI is InChI=1S/C28H21N5O2S/c1-2-16-32-26(35)20-13-7-9-15-23(20)33-27(32)30-31-28(33)36-25(18-10-4-3-5-11-18)24(34)21-17-29-22-14-8-6-12-19(21)22/h2-15,17,25,29H,1,16H2/t25-/m0/s1. The first kappa shape index (κ1) is 22.1. The largest absolute Gasteiger partial charge is 0.360 e. The Balaban J connectivity index is 1.54. The van der Waals surface area contributed by atoms with Gasteiger partial charge < -0.3 is 4.98 Å². The second kappa shape index (κ2) is 8.98. The average Bonchev–Trinajstić information content (AvgIpc) is 3.54. The molecule has 1 atom stereocenters. The number of thioether (sulfide) groups is 1. The van der Waals surface area contributed by atoms with Crippen LogP contribution in [0.3, 0.4) is 0 Å². The number of fused-ring (bicyclic) bond motifs is 4. The average molecular weight is 492 g/mol. The zero-order valence-corrected chi connectivity index (χ0v) is 20.0. The molecule has 3 heterocycles. The quantitative estimate of drug-likeness (QED) is 0.183. The van der Waals surface area contributed by atoms with Crippen molar-refractivity contribution >= 4 is 45.1 Å². The number of aromatic amines is 1. The highest BCUT2D eigenvalue weighted by atomic mass is 32.2. The zero-order chi connectivity index (χ0) is 24.6. The molecule has 0 aliphatic rings. The summed E-state index contributed by atoms with van der Waals surface area (Å²) in [6.07, 6.45) is 3.42. The van der Waals surface area contributed by atoms with Crippen LogP contribution in [-0.4, -0.2) is 29.9 Å². The van der Waals surface area contributed by atoms with Gasteiger partial charge in [-0.15, -0.1) is 16.8 Å². The molecule has 36 heavy (non-hydrogen) atoms. The van der Waals surface area contributed by atoms with E-state index in [1.54, 1.807) is 22.9 Å². The Morgan fingerprint density at radius 3 is 2.50 bits per heavy atom. The van der Waals surface area contributed by atoms with Gasteiger partial charge in [-0.05, 0) is 23.8 Å². The molecule has 0 fully saturated rings. The van der Waals surface area contributed by atoms with Crippen LogP contribution in [0, 0.1) is 0 Å². The fourth-order valence-corrected chi connectivity index (χ4v) is 5.64. The maximum absolute atomic E-state index is 14.0. The number of nitrogens with zero attached hydrogens (tertiary/aromatic N) is 4. The number of hydrogen-bond donors (Lipinski definition) is 1. The van der Waals surface area contributed by atoms with Gasteiger partial charge in [-0.3, -0.25) is 18.6 Å². The first-order valence-corrected chi connectivity index (χ1v) is 12.3. The van der Waals surface area contributed by atoms with Crippen LogP contribution < -0.4 is 5.56 Å². The number of aromatic nitrogens is 5. The van der Waals surface area contributed by atoms with Crippen LogP contribution in [0.2, 0.25) is 0 Å². The highest BCUT2D eigenvalue weighted by Crippen LogP contribution is 2.39. The molecule has 1 N–H and O–H groups in total. The zero-order valence-electron chi connectivity index (χ0n) is 19.2. The number of carbonyl (C=O) groups excluding carboxylic acids is 1. The Hall–Kier alpha value is -4.43. The van der Waals surface area contributed by atoms with Crippen LogP contribution in [0.15, 0.2) is 108 Å². The van der Waals surface area contributed by atoms with Gasteiger partial charge >= 0.3 is 0 Å². The monoisotopic (exact) mass is 491 g/mol.